The SMILES string of the molecule is O=C(Cc1ccc(F)cc1F)c1cc(NC(=O)[C@@H]2[C@@H](c3ccc(Cl)c(Br)c3)C2(Cl)Cl)ccc1Cl. The van der Waals surface area contributed by atoms with Crippen molar-refractivity contribution in [1.82, 2.24) is 0 Å². The van der Waals surface area contributed by atoms with Gasteiger partial charge in [-0.25, -0.2) is 8.78 Å². The van der Waals surface area contributed by atoms with E-state index in [2.05, 4.69) is 21.2 Å². The highest BCUT2D eigenvalue weighted by atomic mass is 79.9. The molecule has 1 N–H and O–H groups in total. The molecule has 0 radical (unpaired) electrons. The average Bonchev–Trinajstić information content (AvgIpc) is 3.35. The number of hydrogen-bond acceptors (Lipinski definition) is 2. The van der Waals surface area contributed by atoms with Crippen LogP contribution in [0.4, 0.5) is 14.5 Å². The third-order valence-electron chi connectivity index (χ3n) is 5.54. The zero-order valence-corrected chi connectivity index (χ0v) is 21.6. The fourth-order valence-corrected chi connectivity index (χ4v) is 5.31. The number of rotatable bonds is 6. The van der Waals surface area contributed by atoms with Crippen LogP contribution < -0.4 is 5.32 Å². The van der Waals surface area contributed by atoms with Gasteiger partial charge in [-0.05, 0) is 63.5 Å². The van der Waals surface area contributed by atoms with Gasteiger partial charge in [0, 0.05) is 34.1 Å². The lowest BCUT2D eigenvalue weighted by Gasteiger charge is -2.10. The third kappa shape index (κ3) is 5.12. The van der Waals surface area contributed by atoms with E-state index in [1.165, 1.54) is 24.3 Å². The molecule has 1 aliphatic carbocycles. The summed E-state index contributed by atoms with van der Waals surface area (Å²) >= 11 is 28.4. The Labute approximate surface area is 222 Å². The molecule has 1 fully saturated rings. The van der Waals surface area contributed by atoms with Gasteiger partial charge in [-0.3, -0.25) is 9.59 Å². The van der Waals surface area contributed by atoms with Gasteiger partial charge >= 0.3 is 0 Å². The molecule has 0 unspecified atom stereocenters. The highest BCUT2D eigenvalue weighted by Crippen LogP contribution is 2.65. The van der Waals surface area contributed by atoms with Crippen molar-refractivity contribution in [1.29, 1.82) is 0 Å². The number of nitrogens with one attached hydrogen (secondary N) is 1. The van der Waals surface area contributed by atoms with Gasteiger partial charge in [0.1, 0.15) is 16.0 Å². The smallest absolute Gasteiger partial charge is 0.231 e. The van der Waals surface area contributed by atoms with Gasteiger partial charge in [0.25, 0.3) is 0 Å². The van der Waals surface area contributed by atoms with Gasteiger partial charge < -0.3 is 5.32 Å². The molecule has 2 atom stereocenters. The molecule has 0 saturated heterocycles. The van der Waals surface area contributed by atoms with Crippen LogP contribution in [0.25, 0.3) is 0 Å². The first kappa shape index (κ1) is 25.4. The molecule has 3 aromatic carbocycles. The summed E-state index contributed by atoms with van der Waals surface area (Å²) < 4.78 is 26.4. The first-order valence-corrected chi connectivity index (χ1v) is 12.2. The fourth-order valence-electron chi connectivity index (χ4n) is 3.74. The molecular weight excluding hydrogens is 594 g/mol. The topological polar surface area (TPSA) is 46.2 Å². The van der Waals surface area contributed by atoms with Crippen molar-refractivity contribution in [2.45, 2.75) is 16.7 Å². The van der Waals surface area contributed by atoms with Crippen molar-refractivity contribution in [2.24, 2.45) is 5.92 Å². The van der Waals surface area contributed by atoms with Crippen LogP contribution in [0.2, 0.25) is 10.0 Å². The molecule has 1 aliphatic rings. The second-order valence-electron chi connectivity index (χ2n) is 7.82. The predicted molar refractivity (Wildman–Crippen MR) is 134 cm³/mol. The maximum atomic E-state index is 14.0. The Morgan fingerprint density at radius 3 is 2.35 bits per heavy atom. The number of halogens is 7. The van der Waals surface area contributed by atoms with Crippen molar-refractivity contribution in [3.8, 4) is 0 Å². The van der Waals surface area contributed by atoms with Crippen LogP contribution >= 0.6 is 62.3 Å². The number of benzene rings is 3. The maximum Gasteiger partial charge on any atom is 0.231 e. The van der Waals surface area contributed by atoms with E-state index < -0.39 is 39.5 Å². The molecule has 0 aliphatic heterocycles. The van der Waals surface area contributed by atoms with Crippen LogP contribution in [-0.4, -0.2) is 16.0 Å². The van der Waals surface area contributed by atoms with E-state index in [1.54, 1.807) is 18.2 Å². The Balaban J connectivity index is 1.51. The van der Waals surface area contributed by atoms with E-state index in [-0.39, 0.29) is 22.6 Å². The highest BCUT2D eigenvalue weighted by molar-refractivity contribution is 9.10. The van der Waals surface area contributed by atoms with Gasteiger partial charge in [-0.2, -0.15) is 0 Å². The minimum Gasteiger partial charge on any atom is -0.326 e. The van der Waals surface area contributed by atoms with Crippen molar-refractivity contribution in [3.05, 3.63) is 97.4 Å². The summed E-state index contributed by atoms with van der Waals surface area (Å²) in [5, 5.41) is 3.35. The van der Waals surface area contributed by atoms with Crippen LogP contribution in [0.5, 0.6) is 0 Å². The summed E-state index contributed by atoms with van der Waals surface area (Å²) in [6.07, 6.45) is -0.328. The summed E-state index contributed by atoms with van der Waals surface area (Å²) in [5.74, 6) is -3.71. The number of carbonyl (C=O) groups is 2. The van der Waals surface area contributed by atoms with Crippen molar-refractivity contribution in [3.63, 3.8) is 0 Å². The van der Waals surface area contributed by atoms with Crippen molar-refractivity contribution in [2.75, 3.05) is 5.32 Å². The monoisotopic (exact) mass is 605 g/mol. The van der Waals surface area contributed by atoms with Crippen LogP contribution in [0.15, 0.2) is 59.1 Å². The molecule has 3 aromatic rings. The van der Waals surface area contributed by atoms with E-state index in [4.69, 9.17) is 46.4 Å². The molecule has 0 heterocycles. The number of hydrogen-bond donors (Lipinski definition) is 1. The summed E-state index contributed by atoms with van der Waals surface area (Å²) in [4.78, 5) is 25.7. The number of anilines is 1. The zero-order valence-electron chi connectivity index (χ0n) is 17.0. The molecule has 3 nitrogen and oxygen atoms in total. The summed E-state index contributed by atoms with van der Waals surface area (Å²) in [5.41, 5.74) is 1.15. The Morgan fingerprint density at radius 2 is 1.68 bits per heavy atom. The number of Topliss-reactive ketones (excluding diaryl/α,β-unsaturated/α-hetero) is 1. The van der Waals surface area contributed by atoms with Crippen LogP contribution in [0, 0.1) is 17.6 Å². The highest BCUT2D eigenvalue weighted by Gasteiger charge is 2.67. The van der Waals surface area contributed by atoms with E-state index in [9.17, 15) is 18.4 Å². The Morgan fingerprint density at radius 1 is 0.971 bits per heavy atom. The molecule has 0 spiro atoms. The Bertz CT molecular complexity index is 1320. The zero-order chi connectivity index (χ0) is 24.8. The normalized spacial score (nSPS) is 18.4. The van der Waals surface area contributed by atoms with E-state index >= 15 is 0 Å². The fraction of sp³-hybridized carbons (Fsp3) is 0.167. The Kier molecular flexibility index (Phi) is 7.28. The third-order valence-corrected chi connectivity index (χ3v) is 8.02. The molecule has 1 saturated carbocycles. The largest absolute Gasteiger partial charge is 0.326 e. The molecule has 4 rings (SSSR count). The molecule has 0 aromatic heterocycles. The molecule has 34 heavy (non-hydrogen) atoms. The predicted octanol–water partition coefficient (Wildman–Crippen LogP) is 7.99. The van der Waals surface area contributed by atoms with E-state index in [0.717, 1.165) is 11.6 Å². The minimum absolute atomic E-state index is 0.0286. The number of amides is 1. The van der Waals surface area contributed by atoms with E-state index in [0.29, 0.717) is 21.2 Å². The second-order valence-corrected chi connectivity index (χ2v) is 10.9. The van der Waals surface area contributed by atoms with Gasteiger partial charge in [0.15, 0.2) is 5.78 Å². The lowest BCUT2D eigenvalue weighted by Crippen LogP contribution is -2.17. The van der Waals surface area contributed by atoms with Crippen molar-refractivity contribution < 1.29 is 18.4 Å². The van der Waals surface area contributed by atoms with Gasteiger partial charge in [-0.15, -0.1) is 23.2 Å². The lowest BCUT2D eigenvalue weighted by atomic mass is 10.0. The Hall–Kier alpha value is -1.70. The van der Waals surface area contributed by atoms with E-state index in [1.807, 2.05) is 0 Å². The molecular formula is C24H14BrCl4F2NO2. The molecule has 0 bridgehead atoms. The van der Waals surface area contributed by atoms with Crippen LogP contribution in [0.3, 0.4) is 0 Å². The molecule has 10 heteroatoms. The van der Waals surface area contributed by atoms with Gasteiger partial charge in [0.05, 0.1) is 16.0 Å². The summed E-state index contributed by atoms with van der Waals surface area (Å²) in [6, 6.07) is 12.5. The van der Waals surface area contributed by atoms with Gasteiger partial charge in [0.2, 0.25) is 5.91 Å². The molecule has 176 valence electrons. The van der Waals surface area contributed by atoms with Crippen LogP contribution in [-0.2, 0) is 11.2 Å². The lowest BCUT2D eigenvalue weighted by molar-refractivity contribution is -0.117. The minimum atomic E-state index is -1.32. The molecule has 1 amide bonds. The summed E-state index contributed by atoms with van der Waals surface area (Å²) in [6.45, 7) is 0. The number of ketones is 1. The van der Waals surface area contributed by atoms with Crippen LogP contribution in [0.1, 0.15) is 27.4 Å². The first-order valence-electron chi connectivity index (χ1n) is 9.89. The number of alkyl halides is 2. The average molecular weight is 608 g/mol. The second kappa shape index (κ2) is 9.75. The van der Waals surface area contributed by atoms with Gasteiger partial charge in [-0.1, -0.05) is 35.3 Å². The maximum absolute atomic E-state index is 14.0. The standard InChI is InChI=1S/C24H14BrCl4F2NO2/c25-16-7-12(2-5-18(16)27)21-22(24(21,28)29)23(34)32-14-4-6-17(26)15(10-14)20(33)8-11-1-3-13(30)9-19(11)31/h1-7,9-10,21-22H,8H2,(H,32,34)/t21-,22+/m1/s1. The number of carbonyl (C=O) groups excluding carboxylic acids is 2. The first-order chi connectivity index (χ1) is 16.0. The quantitative estimate of drug-likeness (QED) is 0.228. The summed E-state index contributed by atoms with van der Waals surface area (Å²) in [7, 11) is 0. The van der Waals surface area contributed by atoms with Crippen molar-refractivity contribution >= 4 is 79.7 Å².